The van der Waals surface area contributed by atoms with Crippen LogP contribution in [0.2, 0.25) is 0 Å². The SMILES string of the molecule is CC1OC(OC2C(OC3C(OC4CCC5(C)C(CCC6(C)C5CC=C5C7CC(C)(C)CC(=O)C7(C)CCC56C)C4(C)C)OC(C(=O)O)C(O)C3O)OC(CO)C(O)C2O)C(O)C(O)C1O. The van der Waals surface area contributed by atoms with Crippen LogP contribution in [-0.4, -0.2) is 163 Å². The zero-order chi connectivity index (χ0) is 47.7. The van der Waals surface area contributed by atoms with Gasteiger partial charge < -0.3 is 74.4 Å². The summed E-state index contributed by atoms with van der Waals surface area (Å²) in [5.41, 5.74) is 0.308. The highest BCUT2D eigenvalue weighted by atomic mass is 16.8. The molecule has 23 unspecified atom stereocenters. The number of aliphatic hydroxyl groups excluding tert-OH is 8. The van der Waals surface area contributed by atoms with Crippen molar-refractivity contribution in [3.8, 4) is 0 Å². The summed E-state index contributed by atoms with van der Waals surface area (Å²) in [5.74, 6) is -0.470. The van der Waals surface area contributed by atoms with Crippen LogP contribution in [0.3, 0.4) is 0 Å². The van der Waals surface area contributed by atoms with Gasteiger partial charge in [0.25, 0.3) is 0 Å². The number of ketones is 1. The molecule has 0 aromatic carbocycles. The fraction of sp³-hybridized carbons (Fsp3) is 0.917. The lowest BCUT2D eigenvalue weighted by atomic mass is 9.33. The molecule has 8 aliphatic rings. The maximum Gasteiger partial charge on any atom is 0.335 e. The van der Waals surface area contributed by atoms with E-state index < -0.39 is 116 Å². The van der Waals surface area contributed by atoms with E-state index in [1.807, 2.05) is 0 Å². The van der Waals surface area contributed by atoms with Crippen molar-refractivity contribution in [1.82, 2.24) is 0 Å². The van der Waals surface area contributed by atoms with E-state index in [1.165, 1.54) is 12.5 Å². The Morgan fingerprint density at radius 1 is 0.708 bits per heavy atom. The smallest absolute Gasteiger partial charge is 0.335 e. The first-order chi connectivity index (χ1) is 30.2. The summed E-state index contributed by atoms with van der Waals surface area (Å²) in [5, 5.41) is 96.6. The first-order valence-electron chi connectivity index (χ1n) is 23.9. The summed E-state index contributed by atoms with van der Waals surface area (Å²) in [4.78, 5) is 26.2. The minimum atomic E-state index is -2.02. The predicted octanol–water partition coefficient (Wildman–Crippen LogP) is 1.94. The van der Waals surface area contributed by atoms with Crippen LogP contribution in [0.15, 0.2) is 11.6 Å². The van der Waals surface area contributed by atoms with Crippen molar-refractivity contribution in [2.24, 2.45) is 50.2 Å². The number of carboxylic acid groups (broad SMARTS) is 1. The van der Waals surface area contributed by atoms with E-state index in [9.17, 15) is 55.5 Å². The lowest BCUT2D eigenvalue weighted by Gasteiger charge is -2.71. The number of hydrogen-bond acceptors (Lipinski definition) is 16. The third-order valence-electron chi connectivity index (χ3n) is 19.1. The molecule has 4 saturated carbocycles. The van der Waals surface area contributed by atoms with Crippen LogP contribution in [0.25, 0.3) is 0 Å². The molecule has 370 valence electrons. The molecule has 0 aromatic rings. The molecular weight excluding hydrogens is 849 g/mol. The third kappa shape index (κ3) is 7.73. The molecular formula is C48H76O17. The molecule has 3 aliphatic heterocycles. The maximum atomic E-state index is 13.8. The van der Waals surface area contributed by atoms with Crippen LogP contribution in [0.1, 0.15) is 120 Å². The molecule has 3 saturated heterocycles. The lowest BCUT2D eigenvalue weighted by Crippen LogP contribution is -2.68. The quantitative estimate of drug-likeness (QED) is 0.124. The van der Waals surface area contributed by atoms with Crippen molar-refractivity contribution in [2.75, 3.05) is 6.61 Å². The monoisotopic (exact) mass is 925 g/mol. The van der Waals surface area contributed by atoms with Gasteiger partial charge in [-0.3, -0.25) is 4.79 Å². The number of carbonyl (C=O) groups is 2. The molecule has 7 fully saturated rings. The van der Waals surface area contributed by atoms with Crippen molar-refractivity contribution in [3.05, 3.63) is 11.6 Å². The van der Waals surface area contributed by atoms with Gasteiger partial charge >= 0.3 is 5.97 Å². The Hall–Kier alpha value is -1.68. The summed E-state index contributed by atoms with van der Waals surface area (Å²) < 4.78 is 36.4. The third-order valence-corrected chi connectivity index (χ3v) is 19.1. The van der Waals surface area contributed by atoms with Gasteiger partial charge in [-0.2, -0.15) is 0 Å². The molecule has 17 nitrogen and oxygen atoms in total. The van der Waals surface area contributed by atoms with Crippen molar-refractivity contribution >= 4 is 11.8 Å². The van der Waals surface area contributed by atoms with Crippen LogP contribution in [-0.2, 0) is 38.0 Å². The molecule has 65 heavy (non-hydrogen) atoms. The van der Waals surface area contributed by atoms with E-state index in [0.717, 1.165) is 44.9 Å². The zero-order valence-electron chi connectivity index (χ0n) is 39.4. The van der Waals surface area contributed by atoms with Crippen molar-refractivity contribution in [2.45, 2.75) is 218 Å². The highest BCUT2D eigenvalue weighted by Crippen LogP contribution is 2.75. The van der Waals surface area contributed by atoms with Crippen LogP contribution < -0.4 is 0 Å². The number of allylic oxidation sites excluding steroid dienone is 2. The molecule has 0 radical (unpaired) electrons. The van der Waals surface area contributed by atoms with E-state index in [0.29, 0.717) is 24.5 Å². The minimum Gasteiger partial charge on any atom is -0.479 e. The number of carbonyl (C=O) groups excluding carboxylic acids is 1. The van der Waals surface area contributed by atoms with Crippen LogP contribution >= 0.6 is 0 Å². The minimum absolute atomic E-state index is 0.0315. The van der Waals surface area contributed by atoms with Crippen molar-refractivity contribution < 1.29 is 84.0 Å². The van der Waals surface area contributed by atoms with E-state index in [1.54, 1.807) is 0 Å². The van der Waals surface area contributed by atoms with Gasteiger partial charge in [-0.1, -0.05) is 67.0 Å². The first-order valence-corrected chi connectivity index (χ1v) is 23.9. The van der Waals surface area contributed by atoms with Crippen LogP contribution in [0.4, 0.5) is 0 Å². The largest absolute Gasteiger partial charge is 0.479 e. The van der Waals surface area contributed by atoms with E-state index in [-0.39, 0.29) is 38.9 Å². The molecule has 23 atom stereocenters. The van der Waals surface area contributed by atoms with E-state index in [2.05, 4.69) is 61.5 Å². The van der Waals surface area contributed by atoms with Gasteiger partial charge in [0.1, 0.15) is 66.8 Å². The average molecular weight is 925 g/mol. The molecule has 3 heterocycles. The van der Waals surface area contributed by atoms with E-state index >= 15 is 0 Å². The van der Waals surface area contributed by atoms with Gasteiger partial charge in [0.05, 0.1) is 18.8 Å². The Morgan fingerprint density at radius 3 is 1.98 bits per heavy atom. The van der Waals surface area contributed by atoms with Crippen molar-refractivity contribution in [1.29, 1.82) is 0 Å². The van der Waals surface area contributed by atoms with Gasteiger partial charge in [-0.25, -0.2) is 4.79 Å². The summed E-state index contributed by atoms with van der Waals surface area (Å²) in [6.45, 7) is 19.0. The number of rotatable bonds is 8. The Bertz CT molecular complexity index is 1840. The maximum absolute atomic E-state index is 13.8. The second-order valence-corrected chi connectivity index (χ2v) is 23.6. The van der Waals surface area contributed by atoms with Crippen LogP contribution in [0.5, 0.6) is 0 Å². The number of fused-ring (bicyclic) bond motifs is 7. The van der Waals surface area contributed by atoms with Gasteiger partial charge in [-0.05, 0) is 103 Å². The van der Waals surface area contributed by atoms with E-state index in [4.69, 9.17) is 28.4 Å². The van der Waals surface area contributed by atoms with Crippen molar-refractivity contribution in [3.63, 3.8) is 0 Å². The fourth-order valence-electron chi connectivity index (χ4n) is 14.9. The Balaban J connectivity index is 1.06. The predicted molar refractivity (Wildman–Crippen MR) is 228 cm³/mol. The Morgan fingerprint density at radius 2 is 1.34 bits per heavy atom. The average Bonchev–Trinajstić information content (AvgIpc) is 3.22. The fourth-order valence-corrected chi connectivity index (χ4v) is 14.9. The Kier molecular flexibility index (Phi) is 13.0. The second kappa shape index (κ2) is 17.0. The van der Waals surface area contributed by atoms with Gasteiger partial charge in [0.15, 0.2) is 25.0 Å². The summed E-state index contributed by atoms with van der Waals surface area (Å²) >= 11 is 0. The van der Waals surface area contributed by atoms with Gasteiger partial charge in [0.2, 0.25) is 0 Å². The lowest BCUT2D eigenvalue weighted by molar-refractivity contribution is -0.395. The normalized spacial score (nSPS) is 54.0. The van der Waals surface area contributed by atoms with Crippen LogP contribution in [0, 0.1) is 50.2 Å². The molecule has 0 bridgehead atoms. The van der Waals surface area contributed by atoms with Gasteiger partial charge in [-0.15, -0.1) is 0 Å². The molecule has 5 aliphatic carbocycles. The number of hydrogen-bond donors (Lipinski definition) is 9. The molecule has 9 N–H and O–H groups in total. The summed E-state index contributed by atoms with van der Waals surface area (Å²) in [7, 11) is 0. The highest BCUT2D eigenvalue weighted by Gasteiger charge is 2.69. The number of aliphatic carboxylic acids is 1. The number of carboxylic acids is 1. The highest BCUT2D eigenvalue weighted by molar-refractivity contribution is 5.87. The number of Topliss-reactive ketones (excluding diaryl/α,β-unsaturated/α-hetero) is 1. The summed E-state index contributed by atoms with van der Waals surface area (Å²) in [6.07, 6.45) is -16.2. The topological polar surface area (TPSA) is 272 Å². The molecule has 0 aromatic heterocycles. The van der Waals surface area contributed by atoms with Gasteiger partial charge in [0, 0.05) is 11.8 Å². The first kappa shape index (κ1) is 49.7. The molecule has 8 rings (SSSR count). The summed E-state index contributed by atoms with van der Waals surface area (Å²) in [6, 6.07) is 0. The number of ether oxygens (including phenoxy) is 6. The zero-order valence-corrected chi connectivity index (χ0v) is 39.4. The molecule has 17 heteroatoms. The standard InChI is InChI=1S/C48H76O17/c1-21-29(51)31(53)35(57)40(60-21)64-37-32(54)30(52)24(20-49)61-41(37)65-38-34(56)33(55)36(39(58)59)63-42(38)62-28-13-14-46(7)25(44(28,4)5)12-15-48(9)26(46)11-10-22-23-18-43(2,3)19-27(50)45(23,6)16-17-47(22,48)8/h10,21,23-26,28-38,40-42,49,51-57H,11-20H2,1-9H3,(H,58,59). The second-order valence-electron chi connectivity index (χ2n) is 23.6. The Labute approximate surface area is 381 Å². The molecule has 0 amide bonds. The molecule has 0 spiro atoms. The number of aliphatic hydroxyl groups is 8.